The third kappa shape index (κ3) is 5.11. The van der Waals surface area contributed by atoms with E-state index in [4.69, 9.17) is 10.5 Å². The summed E-state index contributed by atoms with van der Waals surface area (Å²) in [6.45, 7) is 8.31. The molecular formula is C24H30N4O2S. The summed E-state index contributed by atoms with van der Waals surface area (Å²) in [5.74, 6) is 0.525. The Hall–Kier alpha value is -2.77. The van der Waals surface area contributed by atoms with Crippen LogP contribution in [-0.2, 0) is 0 Å². The molecule has 4 rings (SSSR count). The number of thiophene rings is 1. The summed E-state index contributed by atoms with van der Waals surface area (Å²) in [5.41, 5.74) is 8.48. The number of ether oxygens (including phenoxy) is 1. The SMILES string of the molecule is CCNC(=O)c1ccc(OCCCN2CCN(c3cccc4sccc34)CC2)c(N)c1. The van der Waals surface area contributed by atoms with Gasteiger partial charge in [-0.3, -0.25) is 9.69 Å². The van der Waals surface area contributed by atoms with Gasteiger partial charge in [0.2, 0.25) is 0 Å². The van der Waals surface area contributed by atoms with Crippen molar-refractivity contribution in [2.45, 2.75) is 13.3 Å². The van der Waals surface area contributed by atoms with Crippen molar-refractivity contribution in [2.75, 3.05) is 56.5 Å². The molecule has 0 unspecified atom stereocenters. The molecule has 3 N–H and O–H groups in total. The smallest absolute Gasteiger partial charge is 0.251 e. The third-order valence-electron chi connectivity index (χ3n) is 5.67. The Kier molecular flexibility index (Phi) is 6.94. The van der Waals surface area contributed by atoms with E-state index >= 15 is 0 Å². The van der Waals surface area contributed by atoms with Crippen molar-refractivity contribution in [1.82, 2.24) is 10.2 Å². The minimum absolute atomic E-state index is 0.116. The van der Waals surface area contributed by atoms with Crippen LogP contribution in [0.2, 0.25) is 0 Å². The quantitative estimate of drug-likeness (QED) is 0.413. The van der Waals surface area contributed by atoms with Crippen LogP contribution in [0.5, 0.6) is 5.75 Å². The fourth-order valence-electron chi connectivity index (χ4n) is 4.02. The first-order valence-electron chi connectivity index (χ1n) is 10.9. The number of hydrogen-bond acceptors (Lipinski definition) is 6. The second-order valence-corrected chi connectivity index (χ2v) is 8.70. The van der Waals surface area contributed by atoms with E-state index in [0.29, 0.717) is 30.2 Å². The van der Waals surface area contributed by atoms with Crippen molar-refractivity contribution >= 4 is 38.7 Å². The first-order valence-corrected chi connectivity index (χ1v) is 11.8. The summed E-state index contributed by atoms with van der Waals surface area (Å²) >= 11 is 1.80. The van der Waals surface area contributed by atoms with E-state index in [-0.39, 0.29) is 5.91 Å². The number of amides is 1. The highest BCUT2D eigenvalue weighted by Gasteiger charge is 2.18. The predicted octanol–water partition coefficient (Wildman–Crippen LogP) is 3.82. The summed E-state index contributed by atoms with van der Waals surface area (Å²) in [5, 5.41) is 6.31. The van der Waals surface area contributed by atoms with Crippen molar-refractivity contribution in [3.05, 3.63) is 53.4 Å². The zero-order valence-electron chi connectivity index (χ0n) is 18.0. The number of benzene rings is 2. The molecule has 1 aliphatic heterocycles. The maximum Gasteiger partial charge on any atom is 0.251 e. The van der Waals surface area contributed by atoms with Gasteiger partial charge in [-0.05, 0) is 55.1 Å². The van der Waals surface area contributed by atoms with Crippen molar-refractivity contribution in [3.8, 4) is 5.75 Å². The van der Waals surface area contributed by atoms with Gasteiger partial charge >= 0.3 is 0 Å². The monoisotopic (exact) mass is 438 g/mol. The number of anilines is 2. The molecule has 1 aliphatic rings. The molecule has 1 amide bonds. The van der Waals surface area contributed by atoms with Crippen LogP contribution in [0, 0.1) is 0 Å². The summed E-state index contributed by atoms with van der Waals surface area (Å²) < 4.78 is 7.22. The molecular weight excluding hydrogens is 408 g/mol. The Balaban J connectivity index is 1.21. The van der Waals surface area contributed by atoms with Crippen LogP contribution in [0.3, 0.4) is 0 Å². The van der Waals surface area contributed by atoms with Crippen LogP contribution in [0.25, 0.3) is 10.1 Å². The van der Waals surface area contributed by atoms with Gasteiger partial charge in [0.1, 0.15) is 5.75 Å². The fourth-order valence-corrected chi connectivity index (χ4v) is 4.83. The summed E-state index contributed by atoms with van der Waals surface area (Å²) in [6.07, 6.45) is 0.942. The number of nitrogens with zero attached hydrogens (tertiary/aromatic N) is 2. The summed E-state index contributed by atoms with van der Waals surface area (Å²) in [4.78, 5) is 16.9. The number of hydrogen-bond donors (Lipinski definition) is 2. The van der Waals surface area contributed by atoms with Crippen LogP contribution in [0.15, 0.2) is 47.8 Å². The molecule has 6 nitrogen and oxygen atoms in total. The Morgan fingerprint density at radius 1 is 1.16 bits per heavy atom. The lowest BCUT2D eigenvalue weighted by Crippen LogP contribution is -2.46. The van der Waals surface area contributed by atoms with Gasteiger partial charge in [0.05, 0.1) is 12.3 Å². The number of piperazine rings is 1. The summed E-state index contributed by atoms with van der Waals surface area (Å²) in [6, 6.07) is 14.0. The molecule has 1 saturated heterocycles. The molecule has 3 aromatic rings. The van der Waals surface area contributed by atoms with Gasteiger partial charge in [-0.2, -0.15) is 0 Å². The first-order chi connectivity index (χ1) is 15.2. The van der Waals surface area contributed by atoms with Crippen molar-refractivity contribution in [3.63, 3.8) is 0 Å². The van der Waals surface area contributed by atoms with Crippen molar-refractivity contribution in [2.24, 2.45) is 0 Å². The standard InChI is InChI=1S/C24H30N4O2S/c1-2-26-24(29)18-7-8-22(20(25)17-18)30-15-4-10-27-11-13-28(14-12-27)21-5-3-6-23-19(21)9-16-31-23/h3,5-9,16-17H,2,4,10-15,25H2,1H3,(H,26,29). The molecule has 0 atom stereocenters. The first kappa shape index (κ1) is 21.5. The maximum absolute atomic E-state index is 11.9. The van der Waals surface area contributed by atoms with E-state index in [2.05, 4.69) is 44.8 Å². The number of carbonyl (C=O) groups is 1. The van der Waals surface area contributed by atoms with Gasteiger partial charge in [-0.1, -0.05) is 6.07 Å². The molecule has 1 fully saturated rings. The highest BCUT2D eigenvalue weighted by Crippen LogP contribution is 2.31. The zero-order valence-corrected chi connectivity index (χ0v) is 18.8. The molecule has 0 saturated carbocycles. The van der Waals surface area contributed by atoms with Crippen molar-refractivity contribution < 1.29 is 9.53 Å². The van der Waals surface area contributed by atoms with Gasteiger partial charge in [0, 0.05) is 60.6 Å². The lowest BCUT2D eigenvalue weighted by Gasteiger charge is -2.36. The molecule has 0 aliphatic carbocycles. The van der Waals surface area contributed by atoms with Gasteiger partial charge in [0.25, 0.3) is 5.91 Å². The average Bonchev–Trinajstić information content (AvgIpc) is 3.27. The number of nitrogens with two attached hydrogens (primary N) is 1. The van der Waals surface area contributed by atoms with E-state index in [0.717, 1.165) is 39.1 Å². The number of fused-ring (bicyclic) bond motifs is 1. The van der Waals surface area contributed by atoms with Gasteiger partial charge in [0.15, 0.2) is 0 Å². The Bertz CT molecular complexity index is 1030. The van der Waals surface area contributed by atoms with Gasteiger partial charge in [-0.15, -0.1) is 11.3 Å². The number of nitrogen functional groups attached to an aromatic ring is 1. The minimum Gasteiger partial charge on any atom is -0.491 e. The average molecular weight is 439 g/mol. The topological polar surface area (TPSA) is 70.8 Å². The lowest BCUT2D eigenvalue weighted by atomic mass is 10.1. The second kappa shape index (κ2) is 10.0. The maximum atomic E-state index is 11.9. The number of carbonyl (C=O) groups excluding carboxylic acids is 1. The van der Waals surface area contributed by atoms with Crippen LogP contribution in [-0.4, -0.2) is 56.7 Å². The van der Waals surface area contributed by atoms with Gasteiger partial charge in [-0.25, -0.2) is 0 Å². The highest BCUT2D eigenvalue weighted by molar-refractivity contribution is 7.17. The third-order valence-corrected chi connectivity index (χ3v) is 6.55. The molecule has 1 aromatic heterocycles. The van der Waals surface area contributed by atoms with E-state index in [1.54, 1.807) is 29.5 Å². The normalized spacial score (nSPS) is 14.7. The number of nitrogens with one attached hydrogen (secondary N) is 1. The van der Waals surface area contributed by atoms with Crippen LogP contribution >= 0.6 is 11.3 Å². The Morgan fingerprint density at radius 2 is 2.00 bits per heavy atom. The van der Waals surface area contributed by atoms with Crippen LogP contribution in [0.4, 0.5) is 11.4 Å². The zero-order chi connectivity index (χ0) is 21.6. The predicted molar refractivity (Wildman–Crippen MR) is 129 cm³/mol. The van der Waals surface area contributed by atoms with E-state index < -0.39 is 0 Å². The lowest BCUT2D eigenvalue weighted by molar-refractivity contribution is 0.0956. The minimum atomic E-state index is -0.116. The molecule has 31 heavy (non-hydrogen) atoms. The van der Waals surface area contributed by atoms with Gasteiger partial charge < -0.3 is 20.7 Å². The molecule has 164 valence electrons. The molecule has 2 aromatic carbocycles. The van der Waals surface area contributed by atoms with E-state index in [9.17, 15) is 4.79 Å². The molecule has 0 bridgehead atoms. The Labute approximate surface area is 187 Å². The van der Waals surface area contributed by atoms with E-state index in [1.165, 1.54) is 15.8 Å². The van der Waals surface area contributed by atoms with E-state index in [1.807, 2.05) is 6.92 Å². The largest absolute Gasteiger partial charge is 0.491 e. The molecule has 0 spiro atoms. The second-order valence-electron chi connectivity index (χ2n) is 7.75. The van der Waals surface area contributed by atoms with Crippen LogP contribution in [0.1, 0.15) is 23.7 Å². The molecule has 7 heteroatoms. The van der Waals surface area contributed by atoms with Crippen molar-refractivity contribution in [1.29, 1.82) is 0 Å². The fraction of sp³-hybridized carbons (Fsp3) is 0.375. The summed E-state index contributed by atoms with van der Waals surface area (Å²) in [7, 11) is 0. The highest BCUT2D eigenvalue weighted by atomic mass is 32.1. The van der Waals surface area contributed by atoms with Crippen LogP contribution < -0.4 is 20.7 Å². The molecule has 0 radical (unpaired) electrons. The molecule has 2 heterocycles. The number of rotatable bonds is 8. The Morgan fingerprint density at radius 3 is 2.77 bits per heavy atom.